The number of carbonyl (C=O) groups is 1. The number of ether oxygens (including phenoxy) is 1. The van der Waals surface area contributed by atoms with Gasteiger partial charge in [-0.05, 0) is 30.4 Å². The van der Waals surface area contributed by atoms with Crippen LogP contribution in [-0.4, -0.2) is 64.6 Å². The molecule has 10 nitrogen and oxygen atoms in total. The van der Waals surface area contributed by atoms with Crippen molar-refractivity contribution in [1.82, 2.24) is 20.0 Å². The van der Waals surface area contributed by atoms with Crippen LogP contribution in [0.1, 0.15) is 29.1 Å². The van der Waals surface area contributed by atoms with E-state index in [4.69, 9.17) is 9.26 Å². The molecule has 184 valence electrons. The molecule has 3 aliphatic rings. The van der Waals surface area contributed by atoms with Crippen LogP contribution in [-0.2, 0) is 11.3 Å². The normalized spacial score (nSPS) is 17.5. The highest BCUT2D eigenvalue weighted by Crippen LogP contribution is 2.37. The Balaban J connectivity index is 1.21. The molecule has 1 aromatic carbocycles. The average Bonchev–Trinajstić information content (AvgIpc) is 3.48. The lowest BCUT2D eigenvalue weighted by Crippen LogP contribution is -2.41. The van der Waals surface area contributed by atoms with Gasteiger partial charge in [0.2, 0.25) is 5.95 Å². The zero-order valence-corrected chi connectivity index (χ0v) is 19.8. The molecule has 2 N–H and O–H groups in total. The van der Waals surface area contributed by atoms with E-state index in [1.54, 1.807) is 11.0 Å². The molecule has 3 aromatic rings. The van der Waals surface area contributed by atoms with Crippen molar-refractivity contribution >= 4 is 23.5 Å². The number of rotatable bonds is 7. The number of hydrogen-bond acceptors (Lipinski definition) is 9. The Morgan fingerprint density at radius 3 is 2.72 bits per heavy atom. The predicted octanol–water partition coefficient (Wildman–Crippen LogP) is 3.38. The van der Waals surface area contributed by atoms with Crippen molar-refractivity contribution in [3.8, 4) is 11.3 Å². The zero-order chi connectivity index (χ0) is 24.3. The van der Waals surface area contributed by atoms with Crippen molar-refractivity contribution in [1.29, 1.82) is 0 Å². The molecule has 2 aromatic heterocycles. The second-order valence-electron chi connectivity index (χ2n) is 9.08. The smallest absolute Gasteiger partial charge is 0.272 e. The van der Waals surface area contributed by atoms with Gasteiger partial charge in [-0.25, -0.2) is 4.98 Å². The molecule has 2 aliphatic heterocycles. The van der Waals surface area contributed by atoms with E-state index in [0.29, 0.717) is 62.0 Å². The summed E-state index contributed by atoms with van der Waals surface area (Å²) in [5, 5.41) is 10.6. The molecule has 1 aliphatic carbocycles. The Morgan fingerprint density at radius 1 is 1.08 bits per heavy atom. The molecule has 0 spiro atoms. The molecule has 1 saturated heterocycles. The topological polar surface area (TPSA) is 118 Å². The molecule has 4 heterocycles. The molecular formula is C26H27N7O3. The highest BCUT2D eigenvalue weighted by atomic mass is 16.5. The van der Waals surface area contributed by atoms with E-state index in [9.17, 15) is 4.79 Å². The summed E-state index contributed by atoms with van der Waals surface area (Å²) in [7, 11) is 0. The van der Waals surface area contributed by atoms with E-state index in [-0.39, 0.29) is 5.91 Å². The number of amidine groups is 1. The second kappa shape index (κ2) is 9.90. The van der Waals surface area contributed by atoms with Crippen LogP contribution in [0.2, 0.25) is 0 Å². The van der Waals surface area contributed by atoms with Crippen LogP contribution in [0.15, 0.2) is 63.6 Å². The quantitative estimate of drug-likeness (QED) is 0.523. The molecule has 0 bridgehead atoms. The highest BCUT2D eigenvalue weighted by Gasteiger charge is 2.28. The summed E-state index contributed by atoms with van der Waals surface area (Å²) in [4.78, 5) is 28.6. The van der Waals surface area contributed by atoms with Crippen LogP contribution in [0, 0.1) is 5.92 Å². The summed E-state index contributed by atoms with van der Waals surface area (Å²) in [5.41, 5.74) is 3.40. The van der Waals surface area contributed by atoms with Crippen LogP contribution >= 0.6 is 0 Å². The van der Waals surface area contributed by atoms with Gasteiger partial charge in [-0.3, -0.25) is 9.79 Å². The first-order valence-corrected chi connectivity index (χ1v) is 12.2. The minimum absolute atomic E-state index is 0.152. The number of aliphatic imine (C=N–C) groups is 1. The SMILES string of the molecule is O=C(c1cc(NC2=NCC(C3CC3)=C2)nc(NCc2cc(-c3ccccc3)no2)n1)N1CCOCC1. The maximum Gasteiger partial charge on any atom is 0.272 e. The standard InChI is InChI=1S/C26H27N7O3/c34-25(33-8-10-35-11-9-33)22-14-24(30-23-12-19(15-27-23)17-6-7-17)31-26(29-22)28-16-20-13-21(32-36-20)18-4-2-1-3-5-18/h1-5,12-14,17H,6-11,15-16H2,(H2,27,28,29,30,31). The van der Waals surface area contributed by atoms with Crippen LogP contribution < -0.4 is 10.6 Å². The van der Waals surface area contributed by atoms with E-state index in [2.05, 4.69) is 36.8 Å². The van der Waals surface area contributed by atoms with E-state index in [0.717, 1.165) is 23.6 Å². The molecule has 6 rings (SSSR count). The predicted molar refractivity (Wildman–Crippen MR) is 135 cm³/mol. The summed E-state index contributed by atoms with van der Waals surface area (Å²) in [6.45, 7) is 3.16. The number of nitrogens with zero attached hydrogens (tertiary/aromatic N) is 5. The Morgan fingerprint density at radius 2 is 1.92 bits per heavy atom. The molecule has 2 fully saturated rings. The van der Waals surface area contributed by atoms with Crippen molar-refractivity contribution in [3.63, 3.8) is 0 Å². The van der Waals surface area contributed by atoms with Gasteiger partial charge in [0.1, 0.15) is 23.0 Å². The van der Waals surface area contributed by atoms with Gasteiger partial charge < -0.3 is 24.8 Å². The molecule has 0 unspecified atom stereocenters. The van der Waals surface area contributed by atoms with Crippen LogP contribution in [0.25, 0.3) is 11.3 Å². The fourth-order valence-electron chi connectivity index (χ4n) is 4.29. The first-order chi connectivity index (χ1) is 17.7. The van der Waals surface area contributed by atoms with Crippen molar-refractivity contribution in [2.24, 2.45) is 10.9 Å². The third-order valence-corrected chi connectivity index (χ3v) is 6.40. The van der Waals surface area contributed by atoms with Gasteiger partial charge in [-0.15, -0.1) is 0 Å². The van der Waals surface area contributed by atoms with Crippen LogP contribution in [0.3, 0.4) is 0 Å². The number of amides is 1. The van der Waals surface area contributed by atoms with E-state index >= 15 is 0 Å². The van der Waals surface area contributed by atoms with Crippen molar-refractivity contribution in [2.45, 2.75) is 19.4 Å². The maximum atomic E-state index is 13.2. The summed E-state index contributed by atoms with van der Waals surface area (Å²) in [6, 6.07) is 13.4. The van der Waals surface area contributed by atoms with Gasteiger partial charge >= 0.3 is 0 Å². The van der Waals surface area contributed by atoms with Crippen molar-refractivity contribution in [2.75, 3.05) is 43.5 Å². The van der Waals surface area contributed by atoms with Gasteiger partial charge in [-0.2, -0.15) is 4.98 Å². The van der Waals surface area contributed by atoms with Gasteiger partial charge in [-0.1, -0.05) is 35.5 Å². The summed E-state index contributed by atoms with van der Waals surface area (Å²) in [5.74, 6) is 2.73. The van der Waals surface area contributed by atoms with E-state index < -0.39 is 0 Å². The third kappa shape index (κ3) is 5.13. The Labute approximate surface area is 208 Å². The number of morpholine rings is 1. The molecular weight excluding hydrogens is 458 g/mol. The lowest BCUT2D eigenvalue weighted by atomic mass is 10.1. The lowest BCUT2D eigenvalue weighted by molar-refractivity contribution is 0.0299. The molecule has 0 radical (unpaired) electrons. The number of nitrogens with one attached hydrogen (secondary N) is 2. The Hall–Kier alpha value is -4.05. The fraction of sp³-hybridized carbons (Fsp3) is 0.346. The van der Waals surface area contributed by atoms with E-state index in [1.165, 1.54) is 18.4 Å². The van der Waals surface area contributed by atoms with Crippen LogP contribution in [0.5, 0.6) is 0 Å². The van der Waals surface area contributed by atoms with Gasteiger partial charge in [0.05, 0.1) is 26.3 Å². The van der Waals surface area contributed by atoms with Gasteiger partial charge in [0.15, 0.2) is 5.76 Å². The summed E-state index contributed by atoms with van der Waals surface area (Å²) < 4.78 is 10.9. The monoisotopic (exact) mass is 485 g/mol. The zero-order valence-electron chi connectivity index (χ0n) is 19.8. The summed E-state index contributed by atoms with van der Waals surface area (Å²) in [6.07, 6.45) is 4.57. The largest absolute Gasteiger partial charge is 0.378 e. The minimum atomic E-state index is -0.152. The number of hydrogen-bond donors (Lipinski definition) is 2. The maximum absolute atomic E-state index is 13.2. The molecule has 1 amide bonds. The number of anilines is 2. The number of aromatic nitrogens is 3. The Bertz CT molecular complexity index is 1310. The van der Waals surface area contributed by atoms with Gasteiger partial charge in [0.25, 0.3) is 5.91 Å². The lowest BCUT2D eigenvalue weighted by Gasteiger charge is -2.26. The van der Waals surface area contributed by atoms with Crippen molar-refractivity contribution < 1.29 is 14.1 Å². The Kier molecular flexibility index (Phi) is 6.17. The summed E-state index contributed by atoms with van der Waals surface area (Å²) >= 11 is 0. The van der Waals surface area contributed by atoms with Crippen LogP contribution in [0.4, 0.5) is 11.8 Å². The average molecular weight is 486 g/mol. The van der Waals surface area contributed by atoms with E-state index in [1.807, 2.05) is 36.4 Å². The first kappa shape index (κ1) is 22.4. The second-order valence-corrected chi connectivity index (χ2v) is 9.08. The minimum Gasteiger partial charge on any atom is -0.378 e. The number of carbonyl (C=O) groups excluding carboxylic acids is 1. The fourth-order valence-corrected chi connectivity index (χ4v) is 4.29. The van der Waals surface area contributed by atoms with Gasteiger partial charge in [0, 0.05) is 30.8 Å². The molecule has 10 heteroatoms. The molecule has 0 atom stereocenters. The third-order valence-electron chi connectivity index (χ3n) is 6.40. The molecule has 1 saturated carbocycles. The highest BCUT2D eigenvalue weighted by molar-refractivity contribution is 6.06. The number of benzene rings is 1. The molecule has 36 heavy (non-hydrogen) atoms. The van der Waals surface area contributed by atoms with Crippen molar-refractivity contribution in [3.05, 3.63) is 65.6 Å². The first-order valence-electron chi connectivity index (χ1n) is 12.2.